The minimum Gasteiger partial charge on any atom is -0.315 e. The first-order valence-corrected chi connectivity index (χ1v) is 6.68. The Morgan fingerprint density at radius 3 is 3.26 bits per heavy atom. The molecular formula is C10H13N7OS. The lowest BCUT2D eigenvalue weighted by Gasteiger charge is -2.25. The molecule has 0 bridgehead atoms. The lowest BCUT2D eigenvalue weighted by Crippen LogP contribution is -2.33. The molecule has 0 saturated heterocycles. The highest BCUT2D eigenvalue weighted by molar-refractivity contribution is 7.11. The van der Waals surface area contributed by atoms with Crippen molar-refractivity contribution in [3.05, 3.63) is 28.2 Å². The Morgan fingerprint density at radius 2 is 2.42 bits per heavy atom. The number of amides is 1. The van der Waals surface area contributed by atoms with Crippen molar-refractivity contribution in [1.82, 2.24) is 30.1 Å². The van der Waals surface area contributed by atoms with Crippen LogP contribution in [-0.2, 0) is 19.6 Å². The summed E-state index contributed by atoms with van der Waals surface area (Å²) in [6, 6.07) is 0. The number of hydrazine groups is 1. The first-order valence-electron chi connectivity index (χ1n) is 5.80. The zero-order chi connectivity index (χ0) is 13.2. The molecule has 0 radical (unpaired) electrons. The number of nitrogens with two attached hydrogens (primary N) is 1. The Bertz CT molecular complexity index is 592. The molecular weight excluding hydrogens is 266 g/mol. The molecule has 19 heavy (non-hydrogen) atoms. The van der Waals surface area contributed by atoms with Crippen LogP contribution in [0.2, 0.25) is 0 Å². The average Bonchev–Trinajstić information content (AvgIpc) is 3.06. The summed E-state index contributed by atoms with van der Waals surface area (Å²) in [5.74, 6) is 5.69. The van der Waals surface area contributed by atoms with Gasteiger partial charge in [-0.15, -0.1) is 21.5 Å². The van der Waals surface area contributed by atoms with E-state index in [-0.39, 0.29) is 5.91 Å². The van der Waals surface area contributed by atoms with Gasteiger partial charge in [-0.3, -0.25) is 15.1 Å². The van der Waals surface area contributed by atoms with Crippen LogP contribution in [0.15, 0.2) is 11.7 Å². The number of nitrogen functional groups attached to an aromatic ring is 1. The summed E-state index contributed by atoms with van der Waals surface area (Å²) in [5, 5.41) is 10.2. The molecule has 0 atom stereocenters. The third-order valence-corrected chi connectivity index (χ3v) is 3.87. The molecule has 0 fully saturated rings. The maximum atomic E-state index is 11.3. The highest BCUT2D eigenvalue weighted by Crippen LogP contribution is 2.15. The van der Waals surface area contributed by atoms with E-state index in [1.807, 2.05) is 9.95 Å². The Labute approximate surface area is 113 Å². The third-order valence-electron chi connectivity index (χ3n) is 2.98. The SMILES string of the molecule is NNC(=O)c1nc(CN2CCn3cnnc3C2)cs1. The van der Waals surface area contributed by atoms with Crippen molar-refractivity contribution in [1.29, 1.82) is 0 Å². The molecule has 1 amide bonds. The van der Waals surface area contributed by atoms with Crippen LogP contribution in [0.5, 0.6) is 0 Å². The number of fused-ring (bicyclic) bond motifs is 1. The Hall–Kier alpha value is -1.84. The van der Waals surface area contributed by atoms with Gasteiger partial charge in [0.15, 0.2) is 5.01 Å². The molecule has 8 nitrogen and oxygen atoms in total. The zero-order valence-corrected chi connectivity index (χ0v) is 10.9. The molecule has 3 heterocycles. The second kappa shape index (κ2) is 5.03. The van der Waals surface area contributed by atoms with Gasteiger partial charge in [0.1, 0.15) is 12.2 Å². The number of nitrogens with one attached hydrogen (secondary N) is 1. The highest BCUT2D eigenvalue weighted by atomic mass is 32.1. The highest BCUT2D eigenvalue weighted by Gasteiger charge is 2.19. The van der Waals surface area contributed by atoms with Crippen LogP contribution in [-0.4, -0.2) is 37.1 Å². The van der Waals surface area contributed by atoms with Gasteiger partial charge in [0.25, 0.3) is 5.91 Å². The molecule has 2 aromatic heterocycles. The fourth-order valence-electron chi connectivity index (χ4n) is 2.03. The molecule has 9 heteroatoms. The van der Waals surface area contributed by atoms with E-state index in [9.17, 15) is 4.79 Å². The molecule has 1 aliphatic heterocycles. The van der Waals surface area contributed by atoms with Crippen LogP contribution in [0.1, 0.15) is 21.3 Å². The number of carbonyl (C=O) groups excluding carboxylic acids is 1. The van der Waals surface area contributed by atoms with E-state index in [4.69, 9.17) is 5.84 Å². The van der Waals surface area contributed by atoms with Crippen LogP contribution in [0.3, 0.4) is 0 Å². The van der Waals surface area contributed by atoms with Gasteiger partial charge in [-0.25, -0.2) is 10.8 Å². The van der Waals surface area contributed by atoms with Crippen molar-refractivity contribution < 1.29 is 4.79 Å². The summed E-state index contributed by atoms with van der Waals surface area (Å²) >= 11 is 1.30. The topological polar surface area (TPSA) is 102 Å². The molecule has 3 rings (SSSR count). The second-order valence-electron chi connectivity index (χ2n) is 4.27. The lowest BCUT2D eigenvalue weighted by molar-refractivity contribution is 0.0953. The van der Waals surface area contributed by atoms with Gasteiger partial charge < -0.3 is 4.57 Å². The number of hydrogen-bond acceptors (Lipinski definition) is 7. The fraction of sp³-hybridized carbons (Fsp3) is 0.400. The first kappa shape index (κ1) is 12.2. The van der Waals surface area contributed by atoms with E-state index in [1.165, 1.54) is 11.3 Å². The van der Waals surface area contributed by atoms with E-state index in [0.29, 0.717) is 11.6 Å². The lowest BCUT2D eigenvalue weighted by atomic mass is 10.3. The largest absolute Gasteiger partial charge is 0.315 e. The van der Waals surface area contributed by atoms with Crippen molar-refractivity contribution in [3.63, 3.8) is 0 Å². The van der Waals surface area contributed by atoms with Crippen molar-refractivity contribution in [2.45, 2.75) is 19.6 Å². The summed E-state index contributed by atoms with van der Waals surface area (Å²) in [4.78, 5) is 17.8. The predicted octanol–water partition coefficient (Wildman–Crippen LogP) is -0.646. The molecule has 0 spiro atoms. The van der Waals surface area contributed by atoms with Gasteiger partial charge in [0.2, 0.25) is 0 Å². The zero-order valence-electron chi connectivity index (χ0n) is 10.1. The van der Waals surface area contributed by atoms with Crippen LogP contribution in [0.25, 0.3) is 0 Å². The van der Waals surface area contributed by atoms with Gasteiger partial charge in [0, 0.05) is 25.0 Å². The standard InChI is InChI=1S/C10H13N7OS/c11-14-9(18)10-13-7(5-19-10)3-16-1-2-17-6-12-15-8(17)4-16/h5-6H,1-4,11H2,(H,14,18). The summed E-state index contributed by atoms with van der Waals surface area (Å²) in [6.45, 7) is 3.24. The molecule has 2 aromatic rings. The molecule has 0 saturated carbocycles. The monoisotopic (exact) mass is 279 g/mol. The average molecular weight is 279 g/mol. The minimum absolute atomic E-state index is 0.352. The van der Waals surface area contributed by atoms with Gasteiger partial charge in [-0.05, 0) is 0 Å². The van der Waals surface area contributed by atoms with Gasteiger partial charge >= 0.3 is 0 Å². The van der Waals surface area contributed by atoms with Crippen molar-refractivity contribution >= 4 is 17.2 Å². The van der Waals surface area contributed by atoms with Crippen LogP contribution >= 0.6 is 11.3 Å². The Kier molecular flexibility index (Phi) is 3.23. The summed E-state index contributed by atoms with van der Waals surface area (Å²) in [5.41, 5.74) is 2.95. The third kappa shape index (κ3) is 2.48. The normalized spacial score (nSPS) is 15.2. The number of aromatic nitrogens is 4. The van der Waals surface area contributed by atoms with E-state index >= 15 is 0 Å². The summed E-state index contributed by atoms with van der Waals surface area (Å²) < 4.78 is 2.05. The van der Waals surface area contributed by atoms with Crippen molar-refractivity contribution in [2.75, 3.05) is 6.54 Å². The minimum atomic E-state index is -0.352. The molecule has 1 aliphatic rings. The second-order valence-corrected chi connectivity index (χ2v) is 5.13. The molecule has 100 valence electrons. The number of nitrogens with zero attached hydrogens (tertiary/aromatic N) is 5. The van der Waals surface area contributed by atoms with E-state index < -0.39 is 0 Å². The van der Waals surface area contributed by atoms with Crippen molar-refractivity contribution in [2.24, 2.45) is 5.84 Å². The smallest absolute Gasteiger partial charge is 0.294 e. The molecule has 3 N–H and O–H groups in total. The number of rotatable bonds is 3. The van der Waals surface area contributed by atoms with E-state index in [0.717, 1.165) is 31.2 Å². The summed E-state index contributed by atoms with van der Waals surface area (Å²) in [7, 11) is 0. The van der Waals surface area contributed by atoms with E-state index in [1.54, 1.807) is 6.33 Å². The van der Waals surface area contributed by atoms with Crippen LogP contribution < -0.4 is 11.3 Å². The maximum absolute atomic E-state index is 11.3. The molecule has 0 unspecified atom stereocenters. The maximum Gasteiger partial charge on any atom is 0.294 e. The Morgan fingerprint density at radius 1 is 1.53 bits per heavy atom. The molecule has 0 aromatic carbocycles. The number of thiazole rings is 1. The molecule has 0 aliphatic carbocycles. The van der Waals surface area contributed by atoms with Crippen LogP contribution in [0.4, 0.5) is 0 Å². The number of carbonyl (C=O) groups is 1. The Balaban J connectivity index is 1.66. The van der Waals surface area contributed by atoms with Gasteiger partial charge in [0.05, 0.1) is 12.2 Å². The number of hydrogen-bond donors (Lipinski definition) is 2. The van der Waals surface area contributed by atoms with Crippen molar-refractivity contribution in [3.8, 4) is 0 Å². The first-order chi connectivity index (χ1) is 9.26. The van der Waals surface area contributed by atoms with Gasteiger partial charge in [-0.2, -0.15) is 0 Å². The predicted molar refractivity (Wildman–Crippen MR) is 67.9 cm³/mol. The van der Waals surface area contributed by atoms with Gasteiger partial charge in [-0.1, -0.05) is 0 Å². The summed E-state index contributed by atoms with van der Waals surface area (Å²) in [6.07, 6.45) is 1.75. The van der Waals surface area contributed by atoms with Crippen LogP contribution in [0, 0.1) is 0 Å². The fourth-order valence-corrected chi connectivity index (χ4v) is 2.74. The van der Waals surface area contributed by atoms with E-state index in [2.05, 4.69) is 25.5 Å². The quantitative estimate of drug-likeness (QED) is 0.440.